The lowest BCUT2D eigenvalue weighted by Crippen LogP contribution is -2.48. The van der Waals surface area contributed by atoms with Crippen LogP contribution in [0.25, 0.3) is 0 Å². The molecule has 6 N–H and O–H groups in total. The zero-order chi connectivity index (χ0) is 15.0. The highest BCUT2D eigenvalue weighted by atomic mass is 35.5. The number of carbonyl (C=O) groups is 2. The lowest BCUT2D eigenvalue weighted by atomic mass is 9.65. The number of anilines is 1. The van der Waals surface area contributed by atoms with Crippen LogP contribution in [0.4, 0.5) is 5.69 Å². The minimum absolute atomic E-state index is 0. The summed E-state index contributed by atoms with van der Waals surface area (Å²) in [6.45, 7) is 0. The first kappa shape index (κ1) is 16.8. The Balaban J connectivity index is 0.00000176. The summed E-state index contributed by atoms with van der Waals surface area (Å²) in [5, 5.41) is 2.87. The molecule has 2 bridgehead atoms. The zero-order valence-electron chi connectivity index (χ0n) is 12.4. The number of amides is 2. The van der Waals surface area contributed by atoms with E-state index in [9.17, 15) is 9.59 Å². The molecule has 1 aromatic heterocycles. The van der Waals surface area contributed by atoms with E-state index in [4.69, 9.17) is 11.5 Å². The molecule has 2 aliphatic carbocycles. The number of halogens is 1. The summed E-state index contributed by atoms with van der Waals surface area (Å²) in [6.07, 6.45) is 6.84. The Bertz CT molecular complexity index is 545. The van der Waals surface area contributed by atoms with Gasteiger partial charge in [0.1, 0.15) is 5.69 Å². The molecule has 2 amide bonds. The second-order valence-electron chi connectivity index (χ2n) is 6.35. The number of nitrogens with two attached hydrogens (primary N) is 2. The van der Waals surface area contributed by atoms with Crippen molar-refractivity contribution in [2.45, 2.75) is 38.1 Å². The second-order valence-corrected chi connectivity index (χ2v) is 6.35. The van der Waals surface area contributed by atoms with Gasteiger partial charge in [-0.15, -0.1) is 12.4 Å². The summed E-state index contributed by atoms with van der Waals surface area (Å²) in [5.41, 5.74) is 12.3. The quantitative estimate of drug-likeness (QED) is 0.676. The van der Waals surface area contributed by atoms with Crippen LogP contribution in [-0.2, 0) is 4.79 Å². The van der Waals surface area contributed by atoms with Gasteiger partial charge in [0.2, 0.25) is 5.91 Å². The number of aromatic nitrogens is 1. The highest BCUT2D eigenvalue weighted by Crippen LogP contribution is 2.42. The lowest BCUT2D eigenvalue weighted by molar-refractivity contribution is -0.122. The van der Waals surface area contributed by atoms with Gasteiger partial charge in [0, 0.05) is 18.2 Å². The molecule has 0 aromatic carbocycles. The summed E-state index contributed by atoms with van der Waals surface area (Å²) < 4.78 is 0. The molecular weight excluding hydrogens is 304 g/mol. The highest BCUT2D eigenvalue weighted by Gasteiger charge is 2.40. The Morgan fingerprint density at radius 2 is 1.86 bits per heavy atom. The molecule has 3 rings (SSSR count). The molecule has 2 aliphatic rings. The summed E-state index contributed by atoms with van der Waals surface area (Å²) in [5.74, 6) is 0.454. The van der Waals surface area contributed by atoms with E-state index in [1.165, 1.54) is 6.42 Å². The van der Waals surface area contributed by atoms with Gasteiger partial charge in [-0.3, -0.25) is 9.59 Å². The van der Waals surface area contributed by atoms with E-state index in [-0.39, 0.29) is 30.3 Å². The molecule has 0 radical (unpaired) electrons. The van der Waals surface area contributed by atoms with Crippen LogP contribution in [0, 0.1) is 17.8 Å². The summed E-state index contributed by atoms with van der Waals surface area (Å²) >= 11 is 0. The van der Waals surface area contributed by atoms with Crippen molar-refractivity contribution >= 4 is 29.9 Å². The smallest absolute Gasteiger partial charge is 0.265 e. The van der Waals surface area contributed by atoms with Crippen molar-refractivity contribution < 1.29 is 9.59 Å². The molecule has 0 spiro atoms. The number of primary amides is 1. The van der Waals surface area contributed by atoms with Crippen molar-refractivity contribution in [3.63, 3.8) is 0 Å². The second kappa shape index (κ2) is 6.71. The third-order valence-corrected chi connectivity index (χ3v) is 5.00. The van der Waals surface area contributed by atoms with Gasteiger partial charge in [-0.1, -0.05) is 6.42 Å². The largest absolute Gasteiger partial charge is 0.364 e. The van der Waals surface area contributed by atoms with Gasteiger partial charge in [0.05, 0.1) is 5.69 Å². The average Bonchev–Trinajstić information content (AvgIpc) is 2.87. The predicted molar refractivity (Wildman–Crippen MR) is 86.7 cm³/mol. The van der Waals surface area contributed by atoms with E-state index in [1.54, 1.807) is 12.3 Å². The summed E-state index contributed by atoms with van der Waals surface area (Å²) in [6, 6.07) is 1.83. The molecule has 2 atom stereocenters. The van der Waals surface area contributed by atoms with Gasteiger partial charge in [-0.2, -0.15) is 0 Å². The molecule has 1 aromatic rings. The van der Waals surface area contributed by atoms with Crippen LogP contribution >= 0.6 is 12.4 Å². The van der Waals surface area contributed by atoms with E-state index in [0.717, 1.165) is 25.7 Å². The molecule has 22 heavy (non-hydrogen) atoms. The summed E-state index contributed by atoms with van der Waals surface area (Å²) in [7, 11) is 0. The first-order valence-electron chi connectivity index (χ1n) is 7.59. The molecule has 2 unspecified atom stereocenters. The van der Waals surface area contributed by atoms with Crippen LogP contribution in [0.15, 0.2) is 12.3 Å². The molecule has 2 fully saturated rings. The maximum Gasteiger partial charge on any atom is 0.265 e. The Kier molecular flexibility index (Phi) is 5.13. The summed E-state index contributed by atoms with van der Waals surface area (Å²) in [4.78, 5) is 26.2. The van der Waals surface area contributed by atoms with E-state index in [0.29, 0.717) is 23.2 Å². The zero-order valence-corrected chi connectivity index (χ0v) is 13.2. The topological polar surface area (TPSA) is 114 Å². The standard InChI is InChI=1S/C15H22N4O2.ClH/c16-13-8-2-1-3-9(13)5-10(4-8)15(21)19-11-6-12(14(17)20)18-7-11;/h6-10,13,18H,1-5,16H2,(H2,17,20)(H,19,21);1H. The van der Waals surface area contributed by atoms with Gasteiger partial charge < -0.3 is 21.8 Å². The van der Waals surface area contributed by atoms with Crippen LogP contribution in [0.3, 0.4) is 0 Å². The fraction of sp³-hybridized carbons (Fsp3) is 0.600. The number of hydrogen-bond acceptors (Lipinski definition) is 3. The van der Waals surface area contributed by atoms with Crippen molar-refractivity contribution in [3.8, 4) is 0 Å². The fourth-order valence-corrected chi connectivity index (χ4v) is 3.86. The van der Waals surface area contributed by atoms with Crippen LogP contribution in [0.2, 0.25) is 0 Å². The molecular formula is C15H23ClN4O2. The third kappa shape index (κ3) is 3.28. The minimum Gasteiger partial charge on any atom is -0.364 e. The number of fused-ring (bicyclic) bond motifs is 2. The first-order valence-corrected chi connectivity index (χ1v) is 7.59. The van der Waals surface area contributed by atoms with Crippen molar-refractivity contribution in [1.29, 1.82) is 0 Å². The van der Waals surface area contributed by atoms with Crippen molar-refractivity contribution in [3.05, 3.63) is 18.0 Å². The number of H-pyrrole nitrogens is 1. The number of carbonyl (C=O) groups excluding carboxylic acids is 2. The van der Waals surface area contributed by atoms with E-state index in [1.807, 2.05) is 0 Å². The SMILES string of the molecule is Cl.NC(=O)c1cc(NC(=O)C2CC3CCCC(C2)C3N)c[nH]1. The molecule has 0 aliphatic heterocycles. The van der Waals surface area contributed by atoms with Crippen molar-refractivity contribution in [2.24, 2.45) is 29.2 Å². The van der Waals surface area contributed by atoms with E-state index < -0.39 is 5.91 Å². The van der Waals surface area contributed by atoms with E-state index >= 15 is 0 Å². The normalized spacial score (nSPS) is 30.2. The molecule has 0 saturated heterocycles. The maximum absolute atomic E-state index is 12.4. The van der Waals surface area contributed by atoms with Gasteiger partial charge in [0.15, 0.2) is 0 Å². The van der Waals surface area contributed by atoms with Crippen LogP contribution in [0.1, 0.15) is 42.6 Å². The van der Waals surface area contributed by atoms with Gasteiger partial charge in [-0.05, 0) is 43.6 Å². The van der Waals surface area contributed by atoms with Crippen molar-refractivity contribution in [1.82, 2.24) is 4.98 Å². The monoisotopic (exact) mass is 326 g/mol. The molecule has 122 valence electrons. The fourth-order valence-electron chi connectivity index (χ4n) is 3.86. The number of nitrogens with one attached hydrogen (secondary N) is 2. The van der Waals surface area contributed by atoms with Crippen LogP contribution in [-0.4, -0.2) is 22.8 Å². The van der Waals surface area contributed by atoms with Crippen LogP contribution < -0.4 is 16.8 Å². The highest BCUT2D eigenvalue weighted by molar-refractivity contribution is 5.96. The van der Waals surface area contributed by atoms with E-state index in [2.05, 4.69) is 10.3 Å². The molecule has 7 heteroatoms. The van der Waals surface area contributed by atoms with Crippen LogP contribution in [0.5, 0.6) is 0 Å². The van der Waals surface area contributed by atoms with Gasteiger partial charge >= 0.3 is 0 Å². The third-order valence-electron chi connectivity index (χ3n) is 5.00. The van der Waals surface area contributed by atoms with Gasteiger partial charge in [0.25, 0.3) is 5.91 Å². The average molecular weight is 327 g/mol. The Labute approximate surface area is 135 Å². The Morgan fingerprint density at radius 1 is 1.23 bits per heavy atom. The Hall–Kier alpha value is -1.53. The number of hydrogen-bond donors (Lipinski definition) is 4. The molecule has 6 nitrogen and oxygen atoms in total. The first-order chi connectivity index (χ1) is 10.0. The number of rotatable bonds is 3. The number of aromatic amines is 1. The van der Waals surface area contributed by atoms with Gasteiger partial charge in [-0.25, -0.2) is 0 Å². The predicted octanol–water partition coefficient (Wildman–Crippen LogP) is 1.63. The van der Waals surface area contributed by atoms with Crippen molar-refractivity contribution in [2.75, 3.05) is 5.32 Å². The molecule has 2 saturated carbocycles. The maximum atomic E-state index is 12.4. The Morgan fingerprint density at radius 3 is 2.41 bits per heavy atom. The molecule has 1 heterocycles. The minimum atomic E-state index is -0.534. The lowest BCUT2D eigenvalue weighted by Gasteiger charge is -2.43.